The molecule has 3 rings (SSSR count). The van der Waals surface area contributed by atoms with E-state index in [1.165, 1.54) is 11.3 Å². The van der Waals surface area contributed by atoms with Crippen molar-refractivity contribution >= 4 is 16.7 Å². The van der Waals surface area contributed by atoms with Crippen LogP contribution in [0.15, 0.2) is 42.5 Å². The molecule has 0 fully saturated rings. The molecule has 0 aliphatic heterocycles. The van der Waals surface area contributed by atoms with Crippen LogP contribution >= 0.6 is 0 Å². The van der Waals surface area contributed by atoms with Gasteiger partial charge in [-0.3, -0.25) is 4.57 Å². The molecule has 3 heteroatoms. The van der Waals surface area contributed by atoms with E-state index in [1.807, 2.05) is 25.1 Å². The first-order valence-corrected chi connectivity index (χ1v) is 6.53. The van der Waals surface area contributed by atoms with Crippen LogP contribution in [-0.4, -0.2) is 9.55 Å². The minimum absolute atomic E-state index is 0.751. The summed E-state index contributed by atoms with van der Waals surface area (Å²) in [5.74, 6) is 0.988. The highest BCUT2D eigenvalue weighted by atomic mass is 15.1. The van der Waals surface area contributed by atoms with Crippen molar-refractivity contribution in [3.05, 3.63) is 53.9 Å². The van der Waals surface area contributed by atoms with Gasteiger partial charge in [-0.15, -0.1) is 0 Å². The van der Waals surface area contributed by atoms with Gasteiger partial charge in [-0.05, 0) is 43.2 Å². The number of aromatic nitrogens is 2. The number of nitrogens with zero attached hydrogens (tertiary/aromatic N) is 2. The highest BCUT2D eigenvalue weighted by Gasteiger charge is 2.11. The van der Waals surface area contributed by atoms with Gasteiger partial charge in [0.15, 0.2) is 0 Å². The van der Waals surface area contributed by atoms with Crippen LogP contribution in [0.5, 0.6) is 0 Å². The Morgan fingerprint density at radius 3 is 2.74 bits per heavy atom. The lowest BCUT2D eigenvalue weighted by atomic mass is 10.1. The molecule has 1 heterocycles. The Balaban J connectivity index is 2.33. The molecule has 0 amide bonds. The van der Waals surface area contributed by atoms with Gasteiger partial charge in [0.05, 0.1) is 16.7 Å². The van der Waals surface area contributed by atoms with Crippen LogP contribution in [0.3, 0.4) is 0 Å². The Kier molecular flexibility index (Phi) is 2.75. The third-order valence-corrected chi connectivity index (χ3v) is 3.46. The average molecular weight is 251 g/mol. The van der Waals surface area contributed by atoms with E-state index < -0.39 is 0 Å². The molecule has 19 heavy (non-hydrogen) atoms. The summed E-state index contributed by atoms with van der Waals surface area (Å²) in [5, 5.41) is 0. The predicted octanol–water partition coefficient (Wildman–Crippen LogP) is 3.48. The Bertz CT molecular complexity index is 741. The molecular weight excluding hydrogens is 234 g/mol. The molecule has 0 aliphatic rings. The van der Waals surface area contributed by atoms with Gasteiger partial charge in [0.1, 0.15) is 5.82 Å². The molecule has 0 saturated carbocycles. The lowest BCUT2D eigenvalue weighted by molar-refractivity contribution is 0.969. The summed E-state index contributed by atoms with van der Waals surface area (Å²) in [7, 11) is 0. The van der Waals surface area contributed by atoms with Crippen LogP contribution in [0.25, 0.3) is 16.7 Å². The van der Waals surface area contributed by atoms with Crippen molar-refractivity contribution in [3.8, 4) is 5.69 Å². The fourth-order valence-corrected chi connectivity index (χ4v) is 2.55. The zero-order valence-corrected chi connectivity index (χ0v) is 11.2. The topological polar surface area (TPSA) is 43.8 Å². The Morgan fingerprint density at radius 2 is 1.95 bits per heavy atom. The van der Waals surface area contributed by atoms with Crippen molar-refractivity contribution < 1.29 is 0 Å². The van der Waals surface area contributed by atoms with E-state index in [4.69, 9.17) is 5.73 Å². The zero-order valence-electron chi connectivity index (χ0n) is 11.2. The summed E-state index contributed by atoms with van der Waals surface area (Å²) >= 11 is 0. The second-order valence-corrected chi connectivity index (χ2v) is 4.72. The van der Waals surface area contributed by atoms with Crippen molar-refractivity contribution in [1.82, 2.24) is 9.55 Å². The molecule has 0 radical (unpaired) electrons. The quantitative estimate of drug-likeness (QED) is 0.709. The van der Waals surface area contributed by atoms with Crippen molar-refractivity contribution in [1.29, 1.82) is 0 Å². The second-order valence-electron chi connectivity index (χ2n) is 4.72. The first kappa shape index (κ1) is 11.8. The second kappa shape index (κ2) is 4.43. The Hall–Kier alpha value is -2.29. The predicted molar refractivity (Wildman–Crippen MR) is 79.6 cm³/mol. The van der Waals surface area contributed by atoms with E-state index >= 15 is 0 Å². The minimum atomic E-state index is 0.751. The standard InChI is InChI=1S/C16H17N3/c1-3-12-6-4-5-7-15(12)19-11(2)18-14-10-13(17)8-9-16(14)19/h4-10H,3,17H2,1-2H3. The van der Waals surface area contributed by atoms with Crippen LogP contribution in [0.2, 0.25) is 0 Å². The highest BCUT2D eigenvalue weighted by molar-refractivity contribution is 5.81. The smallest absolute Gasteiger partial charge is 0.111 e. The molecule has 96 valence electrons. The monoisotopic (exact) mass is 251 g/mol. The van der Waals surface area contributed by atoms with Crippen molar-refractivity contribution in [2.45, 2.75) is 20.3 Å². The largest absolute Gasteiger partial charge is 0.399 e. The number of anilines is 1. The van der Waals surface area contributed by atoms with Crippen LogP contribution < -0.4 is 5.73 Å². The fourth-order valence-electron chi connectivity index (χ4n) is 2.55. The molecule has 0 spiro atoms. The average Bonchev–Trinajstić information content (AvgIpc) is 2.73. The lowest BCUT2D eigenvalue weighted by Crippen LogP contribution is -2.00. The molecule has 2 N–H and O–H groups in total. The number of hydrogen-bond donors (Lipinski definition) is 1. The highest BCUT2D eigenvalue weighted by Crippen LogP contribution is 2.25. The first-order valence-electron chi connectivity index (χ1n) is 6.53. The maximum Gasteiger partial charge on any atom is 0.111 e. The molecule has 0 unspecified atom stereocenters. The fraction of sp³-hybridized carbons (Fsp3) is 0.188. The molecule has 0 atom stereocenters. The van der Waals surface area contributed by atoms with E-state index in [0.717, 1.165) is 29.0 Å². The molecule has 3 nitrogen and oxygen atoms in total. The maximum atomic E-state index is 5.83. The lowest BCUT2D eigenvalue weighted by Gasteiger charge is -2.11. The number of aryl methyl sites for hydroxylation is 2. The van der Waals surface area contributed by atoms with Crippen molar-refractivity contribution in [3.63, 3.8) is 0 Å². The number of imidazole rings is 1. The third-order valence-electron chi connectivity index (χ3n) is 3.46. The molecule has 0 bridgehead atoms. The number of benzene rings is 2. The van der Waals surface area contributed by atoms with Crippen LogP contribution in [0, 0.1) is 6.92 Å². The number of fused-ring (bicyclic) bond motifs is 1. The summed E-state index contributed by atoms with van der Waals surface area (Å²) in [4.78, 5) is 4.61. The van der Waals surface area contributed by atoms with E-state index in [2.05, 4.69) is 40.7 Å². The molecule has 2 aromatic carbocycles. The van der Waals surface area contributed by atoms with E-state index in [-0.39, 0.29) is 0 Å². The number of hydrogen-bond acceptors (Lipinski definition) is 2. The van der Waals surface area contributed by atoms with Gasteiger partial charge >= 0.3 is 0 Å². The van der Waals surface area contributed by atoms with Crippen LogP contribution in [-0.2, 0) is 6.42 Å². The normalized spacial score (nSPS) is 11.1. The number of nitrogen functional groups attached to an aromatic ring is 1. The number of nitrogens with two attached hydrogens (primary N) is 1. The number of para-hydroxylation sites is 1. The molecule has 1 aromatic heterocycles. The molecule has 0 saturated heterocycles. The van der Waals surface area contributed by atoms with Gasteiger partial charge in [0.25, 0.3) is 0 Å². The first-order chi connectivity index (χ1) is 9.20. The Morgan fingerprint density at radius 1 is 1.16 bits per heavy atom. The van der Waals surface area contributed by atoms with Crippen LogP contribution in [0.1, 0.15) is 18.3 Å². The number of rotatable bonds is 2. The molecular formula is C16H17N3. The van der Waals surface area contributed by atoms with E-state index in [0.29, 0.717) is 0 Å². The molecule has 3 aromatic rings. The summed E-state index contributed by atoms with van der Waals surface area (Å²) in [5.41, 5.74) is 11.2. The zero-order chi connectivity index (χ0) is 13.4. The maximum absolute atomic E-state index is 5.83. The summed E-state index contributed by atoms with van der Waals surface area (Å²) in [6.45, 7) is 4.20. The summed E-state index contributed by atoms with van der Waals surface area (Å²) < 4.78 is 2.20. The van der Waals surface area contributed by atoms with E-state index in [9.17, 15) is 0 Å². The van der Waals surface area contributed by atoms with Gasteiger partial charge < -0.3 is 5.73 Å². The molecule has 0 aliphatic carbocycles. The van der Waals surface area contributed by atoms with Gasteiger partial charge in [0, 0.05) is 5.69 Å². The summed E-state index contributed by atoms with van der Waals surface area (Å²) in [6, 6.07) is 14.3. The SMILES string of the molecule is CCc1ccccc1-n1c(C)nc2cc(N)ccc21. The van der Waals surface area contributed by atoms with Crippen molar-refractivity contribution in [2.24, 2.45) is 0 Å². The third kappa shape index (κ3) is 1.87. The Labute approximate surface area is 112 Å². The van der Waals surface area contributed by atoms with Gasteiger partial charge in [-0.1, -0.05) is 25.1 Å². The van der Waals surface area contributed by atoms with Gasteiger partial charge in [0.2, 0.25) is 0 Å². The van der Waals surface area contributed by atoms with Gasteiger partial charge in [-0.25, -0.2) is 4.98 Å². The van der Waals surface area contributed by atoms with Gasteiger partial charge in [-0.2, -0.15) is 0 Å². The van der Waals surface area contributed by atoms with Crippen LogP contribution in [0.4, 0.5) is 5.69 Å². The minimum Gasteiger partial charge on any atom is -0.399 e. The summed E-state index contributed by atoms with van der Waals surface area (Å²) in [6.07, 6.45) is 1.00. The van der Waals surface area contributed by atoms with Crippen molar-refractivity contribution in [2.75, 3.05) is 5.73 Å². The van der Waals surface area contributed by atoms with E-state index in [1.54, 1.807) is 0 Å².